The number of halogens is 1. The molecule has 4 nitrogen and oxygen atoms in total. The Labute approximate surface area is 122 Å². The van der Waals surface area contributed by atoms with E-state index >= 15 is 0 Å². The molecule has 0 unspecified atom stereocenters. The van der Waals surface area contributed by atoms with Crippen molar-refractivity contribution in [3.05, 3.63) is 59.4 Å². The van der Waals surface area contributed by atoms with Crippen molar-refractivity contribution in [2.45, 2.75) is 6.54 Å². The van der Waals surface area contributed by atoms with Gasteiger partial charge in [0.1, 0.15) is 0 Å². The average molecular weight is 288 g/mol. The summed E-state index contributed by atoms with van der Waals surface area (Å²) in [6.07, 6.45) is 0. The van der Waals surface area contributed by atoms with E-state index in [1.807, 2.05) is 0 Å². The number of rotatable bonds is 4. The molecule has 2 rings (SSSR count). The molecule has 2 aromatic carbocycles. The van der Waals surface area contributed by atoms with Crippen LogP contribution >= 0.6 is 0 Å². The average Bonchev–Trinajstić information content (AvgIpc) is 2.48. The Morgan fingerprint density at radius 1 is 1.19 bits per heavy atom. The minimum absolute atomic E-state index is 0.0654. The molecule has 0 saturated heterocycles. The highest BCUT2D eigenvalue weighted by atomic mass is 19.1. The molecule has 1 amide bonds. The summed E-state index contributed by atoms with van der Waals surface area (Å²) in [6.45, 7) is 0.296. The largest absolute Gasteiger partial charge is 0.505 e. The Hall–Kier alpha value is -2.56. The third-order valence-electron chi connectivity index (χ3n) is 3.09. The lowest BCUT2D eigenvalue weighted by atomic mass is 10.1. The molecule has 2 N–H and O–H groups in total. The van der Waals surface area contributed by atoms with Gasteiger partial charge in [0.2, 0.25) is 0 Å². The highest BCUT2D eigenvalue weighted by molar-refractivity contribution is 5.94. The molecular weight excluding hydrogens is 271 g/mol. The van der Waals surface area contributed by atoms with E-state index in [1.165, 1.54) is 11.0 Å². The summed E-state index contributed by atoms with van der Waals surface area (Å²) in [5, 5.41) is 12.7. The number of phenols is 1. The molecule has 110 valence electrons. The topological polar surface area (TPSA) is 52.6 Å². The van der Waals surface area contributed by atoms with Gasteiger partial charge in [-0.25, -0.2) is 4.39 Å². The lowest BCUT2D eigenvalue weighted by Crippen LogP contribution is -2.21. The molecule has 0 aromatic heterocycles. The van der Waals surface area contributed by atoms with Crippen LogP contribution in [0.25, 0.3) is 0 Å². The summed E-state index contributed by atoms with van der Waals surface area (Å²) in [5.41, 5.74) is 1.86. The summed E-state index contributed by atoms with van der Waals surface area (Å²) >= 11 is 0. The fourth-order valence-corrected chi connectivity index (χ4v) is 1.89. The van der Waals surface area contributed by atoms with E-state index in [1.54, 1.807) is 50.5 Å². The SMILES string of the molecule is CN(C)C(=O)c1ccc(NCc2cccc(F)c2O)cc1. The fourth-order valence-electron chi connectivity index (χ4n) is 1.89. The van der Waals surface area contributed by atoms with Crippen LogP contribution in [0.3, 0.4) is 0 Å². The van der Waals surface area contributed by atoms with E-state index in [4.69, 9.17) is 0 Å². The van der Waals surface area contributed by atoms with Crippen molar-refractivity contribution in [1.82, 2.24) is 4.90 Å². The van der Waals surface area contributed by atoms with Gasteiger partial charge in [-0.3, -0.25) is 4.79 Å². The zero-order valence-corrected chi connectivity index (χ0v) is 11.9. The number of carbonyl (C=O) groups is 1. The Bertz CT molecular complexity index is 639. The van der Waals surface area contributed by atoms with Gasteiger partial charge in [0, 0.05) is 37.5 Å². The summed E-state index contributed by atoms with van der Waals surface area (Å²) in [6, 6.07) is 11.4. The van der Waals surface area contributed by atoms with Gasteiger partial charge in [-0.1, -0.05) is 12.1 Å². The van der Waals surface area contributed by atoms with Crippen LogP contribution in [0, 0.1) is 5.82 Å². The van der Waals surface area contributed by atoms with E-state index in [9.17, 15) is 14.3 Å². The monoisotopic (exact) mass is 288 g/mol. The smallest absolute Gasteiger partial charge is 0.253 e. The van der Waals surface area contributed by atoms with E-state index in [2.05, 4.69) is 5.32 Å². The van der Waals surface area contributed by atoms with Gasteiger partial charge < -0.3 is 15.3 Å². The van der Waals surface area contributed by atoms with Crippen molar-refractivity contribution in [2.75, 3.05) is 19.4 Å². The normalized spacial score (nSPS) is 10.2. The minimum Gasteiger partial charge on any atom is -0.505 e. The molecule has 2 aromatic rings. The van der Waals surface area contributed by atoms with Crippen LogP contribution in [0.15, 0.2) is 42.5 Å². The maximum atomic E-state index is 13.2. The van der Waals surface area contributed by atoms with Crippen molar-refractivity contribution in [2.24, 2.45) is 0 Å². The predicted molar refractivity (Wildman–Crippen MR) is 79.9 cm³/mol. The molecule has 0 atom stereocenters. The zero-order chi connectivity index (χ0) is 15.4. The number of nitrogens with one attached hydrogen (secondary N) is 1. The van der Waals surface area contributed by atoms with Crippen LogP contribution in [0.1, 0.15) is 15.9 Å². The van der Waals surface area contributed by atoms with Gasteiger partial charge >= 0.3 is 0 Å². The third-order valence-corrected chi connectivity index (χ3v) is 3.09. The molecule has 0 heterocycles. The maximum absolute atomic E-state index is 13.2. The highest BCUT2D eigenvalue weighted by Crippen LogP contribution is 2.22. The third kappa shape index (κ3) is 3.51. The number of carbonyl (C=O) groups excluding carboxylic acids is 1. The molecule has 21 heavy (non-hydrogen) atoms. The number of hydrogen-bond acceptors (Lipinski definition) is 3. The van der Waals surface area contributed by atoms with E-state index in [0.717, 1.165) is 5.69 Å². The van der Waals surface area contributed by atoms with Gasteiger partial charge in [0.15, 0.2) is 11.6 Å². The summed E-state index contributed by atoms with van der Waals surface area (Å²) in [5.74, 6) is -1.05. The standard InChI is InChI=1S/C16H17FN2O2/c1-19(2)16(21)11-6-8-13(9-7-11)18-10-12-4-3-5-14(17)15(12)20/h3-9,18,20H,10H2,1-2H3. The highest BCUT2D eigenvalue weighted by Gasteiger charge is 2.08. The molecule has 5 heteroatoms. The summed E-state index contributed by atoms with van der Waals surface area (Å²) in [4.78, 5) is 13.3. The molecular formula is C16H17FN2O2. The van der Waals surface area contributed by atoms with Gasteiger partial charge in [-0.2, -0.15) is 0 Å². The number of aromatic hydroxyl groups is 1. The van der Waals surface area contributed by atoms with Crippen molar-refractivity contribution >= 4 is 11.6 Å². The molecule has 0 aliphatic heterocycles. The second kappa shape index (κ2) is 6.26. The summed E-state index contributed by atoms with van der Waals surface area (Å²) < 4.78 is 13.2. The van der Waals surface area contributed by atoms with Gasteiger partial charge in [0.25, 0.3) is 5.91 Å². The van der Waals surface area contributed by atoms with Crippen LogP contribution in [0.5, 0.6) is 5.75 Å². The minimum atomic E-state index is -0.638. The number of para-hydroxylation sites is 1. The van der Waals surface area contributed by atoms with Crippen molar-refractivity contribution in [3.63, 3.8) is 0 Å². The zero-order valence-electron chi connectivity index (χ0n) is 11.9. The second-order valence-corrected chi connectivity index (χ2v) is 4.88. The van der Waals surface area contributed by atoms with E-state index in [-0.39, 0.29) is 11.7 Å². The predicted octanol–water partition coefficient (Wildman–Crippen LogP) is 2.85. The van der Waals surface area contributed by atoms with Crippen molar-refractivity contribution < 1.29 is 14.3 Å². The van der Waals surface area contributed by atoms with Gasteiger partial charge in [-0.15, -0.1) is 0 Å². The van der Waals surface area contributed by atoms with Crippen LogP contribution in [0.4, 0.5) is 10.1 Å². The van der Waals surface area contributed by atoms with Gasteiger partial charge in [-0.05, 0) is 30.3 Å². The molecule has 0 radical (unpaired) electrons. The second-order valence-electron chi connectivity index (χ2n) is 4.88. The fraction of sp³-hybridized carbons (Fsp3) is 0.188. The number of nitrogens with zero attached hydrogens (tertiary/aromatic N) is 1. The molecule has 0 saturated carbocycles. The molecule has 0 aliphatic rings. The van der Waals surface area contributed by atoms with E-state index in [0.29, 0.717) is 17.7 Å². The number of phenolic OH excluding ortho intramolecular Hbond substituents is 1. The van der Waals surface area contributed by atoms with Crippen LogP contribution in [-0.4, -0.2) is 30.0 Å². The maximum Gasteiger partial charge on any atom is 0.253 e. The summed E-state index contributed by atoms with van der Waals surface area (Å²) in [7, 11) is 3.39. The first kappa shape index (κ1) is 14.8. The first-order chi connectivity index (χ1) is 9.99. The van der Waals surface area contributed by atoms with Crippen LogP contribution < -0.4 is 5.32 Å². The molecule has 0 fully saturated rings. The quantitative estimate of drug-likeness (QED) is 0.909. The van der Waals surface area contributed by atoms with E-state index < -0.39 is 5.82 Å². The first-order valence-electron chi connectivity index (χ1n) is 6.51. The lowest BCUT2D eigenvalue weighted by Gasteiger charge is -2.12. The molecule has 0 bridgehead atoms. The molecule has 0 aliphatic carbocycles. The number of amides is 1. The molecule has 0 spiro atoms. The number of benzene rings is 2. The Morgan fingerprint density at radius 3 is 2.48 bits per heavy atom. The Morgan fingerprint density at radius 2 is 1.86 bits per heavy atom. The van der Waals surface area contributed by atoms with Crippen molar-refractivity contribution in [1.29, 1.82) is 0 Å². The van der Waals surface area contributed by atoms with Crippen LogP contribution in [-0.2, 0) is 6.54 Å². The number of anilines is 1. The van der Waals surface area contributed by atoms with Crippen LogP contribution in [0.2, 0.25) is 0 Å². The van der Waals surface area contributed by atoms with Crippen molar-refractivity contribution in [3.8, 4) is 5.75 Å². The lowest BCUT2D eigenvalue weighted by molar-refractivity contribution is 0.0827. The Kier molecular flexibility index (Phi) is 4.42. The Balaban J connectivity index is 2.04. The number of hydrogen-bond donors (Lipinski definition) is 2. The first-order valence-corrected chi connectivity index (χ1v) is 6.51. The van der Waals surface area contributed by atoms with Gasteiger partial charge in [0.05, 0.1) is 0 Å².